The van der Waals surface area contributed by atoms with Crippen LogP contribution in [0.1, 0.15) is 18.1 Å². The number of esters is 1. The van der Waals surface area contributed by atoms with Gasteiger partial charge in [0.1, 0.15) is 12.4 Å². The molecule has 4 heteroatoms. The first-order valence-electron chi connectivity index (χ1n) is 11.5. The van der Waals surface area contributed by atoms with Gasteiger partial charge in [-0.25, -0.2) is 9.18 Å². The SMILES string of the molecule is C=C(C)C(=O)OCc1cc(-c2ccc(-c3ccc(-c4ccccc4)cc3F)cc2)ccc1CCO. The van der Waals surface area contributed by atoms with Crippen LogP contribution in [0.2, 0.25) is 0 Å². The van der Waals surface area contributed by atoms with E-state index in [1.165, 1.54) is 0 Å². The summed E-state index contributed by atoms with van der Waals surface area (Å²) in [5, 5.41) is 9.39. The van der Waals surface area contributed by atoms with E-state index in [0.717, 1.165) is 38.9 Å². The predicted molar refractivity (Wildman–Crippen MR) is 138 cm³/mol. The summed E-state index contributed by atoms with van der Waals surface area (Å²) in [6.45, 7) is 5.32. The molecule has 0 atom stereocenters. The molecule has 0 heterocycles. The van der Waals surface area contributed by atoms with Crippen LogP contribution in [-0.4, -0.2) is 17.7 Å². The van der Waals surface area contributed by atoms with Gasteiger partial charge >= 0.3 is 5.97 Å². The van der Waals surface area contributed by atoms with Crippen LogP contribution in [0.15, 0.2) is 103 Å². The topological polar surface area (TPSA) is 46.5 Å². The number of carbonyl (C=O) groups is 1. The van der Waals surface area contributed by atoms with Gasteiger partial charge in [0.15, 0.2) is 0 Å². The molecule has 0 saturated heterocycles. The second-order valence-electron chi connectivity index (χ2n) is 8.45. The van der Waals surface area contributed by atoms with Crippen LogP contribution in [0.25, 0.3) is 33.4 Å². The van der Waals surface area contributed by atoms with E-state index in [1.807, 2.05) is 84.9 Å². The molecule has 0 saturated carbocycles. The molecule has 3 nitrogen and oxygen atoms in total. The first-order valence-corrected chi connectivity index (χ1v) is 11.5. The first kappa shape index (κ1) is 24.1. The zero-order valence-electron chi connectivity index (χ0n) is 19.6. The van der Waals surface area contributed by atoms with E-state index in [1.54, 1.807) is 13.0 Å². The van der Waals surface area contributed by atoms with Gasteiger partial charge in [-0.15, -0.1) is 0 Å². The van der Waals surface area contributed by atoms with Crippen molar-refractivity contribution in [2.24, 2.45) is 0 Å². The lowest BCUT2D eigenvalue weighted by molar-refractivity contribution is -0.140. The molecular formula is C31H27FO3. The molecule has 35 heavy (non-hydrogen) atoms. The molecule has 4 aromatic carbocycles. The molecule has 176 valence electrons. The lowest BCUT2D eigenvalue weighted by Gasteiger charge is -2.13. The van der Waals surface area contributed by atoms with Gasteiger partial charge < -0.3 is 9.84 Å². The number of aliphatic hydroxyl groups is 1. The second kappa shape index (κ2) is 10.9. The lowest BCUT2D eigenvalue weighted by atomic mass is 9.95. The van der Waals surface area contributed by atoms with Gasteiger partial charge in [0.2, 0.25) is 0 Å². The summed E-state index contributed by atoms with van der Waals surface area (Å²) in [7, 11) is 0. The highest BCUT2D eigenvalue weighted by molar-refractivity contribution is 5.87. The van der Waals surface area contributed by atoms with Crippen LogP contribution in [-0.2, 0) is 22.6 Å². The Bertz CT molecular complexity index is 1340. The zero-order chi connectivity index (χ0) is 24.8. The summed E-state index contributed by atoms with van der Waals surface area (Å²) < 4.78 is 20.3. The molecule has 0 unspecified atom stereocenters. The summed E-state index contributed by atoms with van der Waals surface area (Å²) in [6.07, 6.45) is 0.470. The van der Waals surface area contributed by atoms with Gasteiger partial charge in [-0.1, -0.05) is 85.4 Å². The minimum Gasteiger partial charge on any atom is -0.457 e. The smallest absolute Gasteiger partial charge is 0.333 e. The first-order chi connectivity index (χ1) is 17.0. The van der Waals surface area contributed by atoms with E-state index in [0.29, 0.717) is 17.6 Å². The van der Waals surface area contributed by atoms with Crippen molar-refractivity contribution < 1.29 is 19.0 Å². The van der Waals surface area contributed by atoms with Crippen molar-refractivity contribution in [3.63, 3.8) is 0 Å². The van der Waals surface area contributed by atoms with E-state index in [2.05, 4.69) is 6.58 Å². The Kier molecular flexibility index (Phi) is 7.54. The Balaban J connectivity index is 1.58. The van der Waals surface area contributed by atoms with E-state index >= 15 is 0 Å². The second-order valence-corrected chi connectivity index (χ2v) is 8.45. The average Bonchev–Trinajstić information content (AvgIpc) is 2.88. The number of aliphatic hydroxyl groups excluding tert-OH is 1. The normalized spacial score (nSPS) is 10.7. The predicted octanol–water partition coefficient (Wildman–Crippen LogP) is 6.98. The van der Waals surface area contributed by atoms with Crippen LogP contribution in [0.4, 0.5) is 4.39 Å². The van der Waals surface area contributed by atoms with Gasteiger partial charge in [0.25, 0.3) is 0 Å². The van der Waals surface area contributed by atoms with Gasteiger partial charge in [-0.2, -0.15) is 0 Å². The van der Waals surface area contributed by atoms with Crippen LogP contribution < -0.4 is 0 Å². The van der Waals surface area contributed by atoms with Crippen molar-refractivity contribution in [3.05, 3.63) is 120 Å². The molecular weight excluding hydrogens is 439 g/mol. The molecule has 0 amide bonds. The molecule has 4 rings (SSSR count). The summed E-state index contributed by atoms with van der Waals surface area (Å²) in [4.78, 5) is 11.8. The highest BCUT2D eigenvalue weighted by Crippen LogP contribution is 2.30. The molecule has 0 spiro atoms. The number of hydrogen-bond acceptors (Lipinski definition) is 3. The average molecular weight is 467 g/mol. The van der Waals surface area contributed by atoms with Crippen molar-refractivity contribution in [2.75, 3.05) is 6.61 Å². The van der Waals surface area contributed by atoms with Gasteiger partial charge in [0, 0.05) is 17.7 Å². The number of rotatable bonds is 8. The van der Waals surface area contributed by atoms with Crippen LogP contribution in [0.5, 0.6) is 0 Å². The summed E-state index contributed by atoms with van der Waals surface area (Å²) in [5.41, 5.74) is 7.14. The van der Waals surface area contributed by atoms with E-state index in [-0.39, 0.29) is 19.0 Å². The van der Waals surface area contributed by atoms with Crippen molar-refractivity contribution >= 4 is 5.97 Å². The fraction of sp³-hybridized carbons (Fsp3) is 0.129. The lowest BCUT2D eigenvalue weighted by Crippen LogP contribution is -2.07. The minimum absolute atomic E-state index is 0.00407. The fourth-order valence-electron chi connectivity index (χ4n) is 3.97. The number of halogens is 1. The maximum Gasteiger partial charge on any atom is 0.333 e. The zero-order valence-corrected chi connectivity index (χ0v) is 19.6. The minimum atomic E-state index is -0.449. The third-order valence-electron chi connectivity index (χ3n) is 5.90. The number of benzene rings is 4. The van der Waals surface area contributed by atoms with Gasteiger partial charge in [-0.05, 0) is 64.4 Å². The Labute approximate surface area is 205 Å². The summed E-state index contributed by atoms with van der Waals surface area (Å²) in [5.74, 6) is -0.718. The highest BCUT2D eigenvalue weighted by atomic mass is 19.1. The van der Waals surface area contributed by atoms with E-state index in [9.17, 15) is 14.3 Å². The van der Waals surface area contributed by atoms with Crippen molar-refractivity contribution in [3.8, 4) is 33.4 Å². The molecule has 0 aliphatic rings. The van der Waals surface area contributed by atoms with Crippen molar-refractivity contribution in [2.45, 2.75) is 20.0 Å². The van der Waals surface area contributed by atoms with Crippen LogP contribution >= 0.6 is 0 Å². The monoisotopic (exact) mass is 466 g/mol. The number of carbonyl (C=O) groups excluding carboxylic acids is 1. The number of hydrogen-bond donors (Lipinski definition) is 1. The Morgan fingerprint density at radius 3 is 2.06 bits per heavy atom. The maximum atomic E-state index is 15.0. The van der Waals surface area contributed by atoms with Crippen LogP contribution in [0, 0.1) is 5.82 Å². The fourth-order valence-corrected chi connectivity index (χ4v) is 3.97. The molecule has 0 aromatic heterocycles. The third kappa shape index (κ3) is 5.73. The summed E-state index contributed by atoms with van der Waals surface area (Å²) >= 11 is 0. The van der Waals surface area contributed by atoms with E-state index < -0.39 is 5.97 Å². The van der Waals surface area contributed by atoms with Crippen molar-refractivity contribution in [1.29, 1.82) is 0 Å². The van der Waals surface area contributed by atoms with Crippen molar-refractivity contribution in [1.82, 2.24) is 0 Å². The van der Waals surface area contributed by atoms with Gasteiger partial charge in [-0.3, -0.25) is 0 Å². The maximum absolute atomic E-state index is 15.0. The molecule has 4 aromatic rings. The molecule has 0 fully saturated rings. The molecule has 0 bridgehead atoms. The Hall–Kier alpha value is -4.02. The molecule has 0 aliphatic heterocycles. The van der Waals surface area contributed by atoms with Crippen LogP contribution in [0.3, 0.4) is 0 Å². The summed E-state index contributed by atoms with van der Waals surface area (Å²) in [6, 6.07) is 28.6. The Morgan fingerprint density at radius 2 is 1.40 bits per heavy atom. The number of ether oxygens (including phenoxy) is 1. The third-order valence-corrected chi connectivity index (χ3v) is 5.90. The molecule has 0 aliphatic carbocycles. The quantitative estimate of drug-likeness (QED) is 0.225. The standard InChI is InChI=1S/C31H27FO3/c1-21(2)31(34)35-20-28-18-26(13-10-24(28)16-17-33)23-8-11-25(12-9-23)29-15-14-27(19-30(29)32)22-6-4-3-5-7-22/h3-15,18-19,33H,1,16-17,20H2,2H3. The van der Waals surface area contributed by atoms with E-state index in [4.69, 9.17) is 4.74 Å². The molecule has 1 N–H and O–H groups in total. The van der Waals surface area contributed by atoms with Gasteiger partial charge in [0.05, 0.1) is 0 Å². The Morgan fingerprint density at radius 1 is 0.800 bits per heavy atom. The highest BCUT2D eigenvalue weighted by Gasteiger charge is 2.11. The molecule has 0 radical (unpaired) electrons. The largest absolute Gasteiger partial charge is 0.457 e.